The number of terminal acetylenes is 1. The molecular weight excluding hydrogens is 268 g/mol. The lowest BCUT2D eigenvalue weighted by molar-refractivity contribution is 0.242. The molecular formula is C16H22N2O3. The summed E-state index contributed by atoms with van der Waals surface area (Å²) >= 11 is 0. The highest BCUT2D eigenvalue weighted by molar-refractivity contribution is 5.90. The number of methoxy groups -OCH3 is 2. The second kappa shape index (κ2) is 7.44. The van der Waals surface area contributed by atoms with Gasteiger partial charge in [0.15, 0.2) is 11.5 Å². The van der Waals surface area contributed by atoms with Crippen molar-refractivity contribution in [3.63, 3.8) is 0 Å². The molecule has 21 heavy (non-hydrogen) atoms. The Hall–Kier alpha value is -2.35. The summed E-state index contributed by atoms with van der Waals surface area (Å²) in [6.07, 6.45) is 6.86. The van der Waals surface area contributed by atoms with E-state index in [9.17, 15) is 4.79 Å². The molecule has 0 atom stereocenters. The van der Waals surface area contributed by atoms with Gasteiger partial charge in [0.1, 0.15) is 5.54 Å². The summed E-state index contributed by atoms with van der Waals surface area (Å²) in [5, 5.41) is 5.58. The van der Waals surface area contributed by atoms with Crippen LogP contribution in [0, 0.1) is 12.3 Å². The molecule has 0 saturated carbocycles. The van der Waals surface area contributed by atoms with Crippen LogP contribution in [0.15, 0.2) is 18.2 Å². The number of rotatable bonds is 6. The predicted octanol–water partition coefficient (Wildman–Crippen LogP) is 3.02. The zero-order valence-corrected chi connectivity index (χ0v) is 12.9. The van der Waals surface area contributed by atoms with E-state index in [1.54, 1.807) is 32.4 Å². The molecule has 0 saturated heterocycles. The van der Waals surface area contributed by atoms with Gasteiger partial charge < -0.3 is 20.1 Å². The van der Waals surface area contributed by atoms with Crippen molar-refractivity contribution in [2.75, 3.05) is 19.5 Å². The summed E-state index contributed by atoms with van der Waals surface area (Å²) in [6.45, 7) is 3.89. The minimum absolute atomic E-state index is 0.344. The van der Waals surface area contributed by atoms with Gasteiger partial charge in [0.05, 0.1) is 14.2 Å². The molecule has 114 valence electrons. The lowest BCUT2D eigenvalue weighted by atomic mass is 9.94. The first kappa shape index (κ1) is 16.7. The Morgan fingerprint density at radius 1 is 1.24 bits per heavy atom. The van der Waals surface area contributed by atoms with Crippen LogP contribution in [0.2, 0.25) is 0 Å². The lowest BCUT2D eigenvalue weighted by Gasteiger charge is -2.27. The highest BCUT2D eigenvalue weighted by Crippen LogP contribution is 2.29. The zero-order chi connectivity index (χ0) is 15.9. The summed E-state index contributed by atoms with van der Waals surface area (Å²) in [4.78, 5) is 12.1. The molecule has 0 fully saturated rings. The monoisotopic (exact) mass is 290 g/mol. The third-order valence-corrected chi connectivity index (χ3v) is 3.48. The van der Waals surface area contributed by atoms with Gasteiger partial charge >= 0.3 is 6.03 Å². The van der Waals surface area contributed by atoms with Gasteiger partial charge in [-0.05, 0) is 25.0 Å². The van der Waals surface area contributed by atoms with Crippen LogP contribution in [0.1, 0.15) is 26.7 Å². The predicted molar refractivity (Wildman–Crippen MR) is 83.8 cm³/mol. The van der Waals surface area contributed by atoms with Crippen molar-refractivity contribution < 1.29 is 14.3 Å². The second-order valence-electron chi connectivity index (χ2n) is 4.58. The number of carbonyl (C=O) groups excluding carboxylic acids is 1. The number of carbonyl (C=O) groups is 1. The molecule has 1 aromatic rings. The van der Waals surface area contributed by atoms with Crippen molar-refractivity contribution in [3.8, 4) is 23.8 Å². The van der Waals surface area contributed by atoms with Crippen LogP contribution in [0.3, 0.4) is 0 Å². The highest BCUT2D eigenvalue weighted by Gasteiger charge is 2.25. The number of ether oxygens (including phenoxy) is 2. The Labute approximate surface area is 126 Å². The summed E-state index contributed by atoms with van der Waals surface area (Å²) in [7, 11) is 3.10. The van der Waals surface area contributed by atoms with E-state index in [4.69, 9.17) is 15.9 Å². The van der Waals surface area contributed by atoms with E-state index in [1.165, 1.54) is 0 Å². The van der Waals surface area contributed by atoms with Crippen LogP contribution in [-0.2, 0) is 0 Å². The largest absolute Gasteiger partial charge is 0.493 e. The van der Waals surface area contributed by atoms with Crippen molar-refractivity contribution in [2.24, 2.45) is 0 Å². The molecule has 2 amide bonds. The average Bonchev–Trinajstić information content (AvgIpc) is 2.52. The first-order valence-corrected chi connectivity index (χ1v) is 6.83. The first-order chi connectivity index (χ1) is 10.0. The van der Waals surface area contributed by atoms with Crippen LogP contribution in [-0.4, -0.2) is 25.8 Å². The zero-order valence-electron chi connectivity index (χ0n) is 12.9. The van der Waals surface area contributed by atoms with Crippen molar-refractivity contribution in [1.29, 1.82) is 0 Å². The van der Waals surface area contributed by atoms with E-state index in [0.717, 1.165) is 0 Å². The van der Waals surface area contributed by atoms with Crippen molar-refractivity contribution in [1.82, 2.24) is 5.32 Å². The fourth-order valence-corrected chi connectivity index (χ4v) is 1.96. The maximum Gasteiger partial charge on any atom is 0.320 e. The number of nitrogens with one attached hydrogen (secondary N) is 2. The van der Waals surface area contributed by atoms with Gasteiger partial charge in [-0.2, -0.15) is 0 Å². The maximum absolute atomic E-state index is 12.1. The Morgan fingerprint density at radius 2 is 1.86 bits per heavy atom. The van der Waals surface area contributed by atoms with E-state index < -0.39 is 5.54 Å². The lowest BCUT2D eigenvalue weighted by Crippen LogP contribution is -2.48. The molecule has 0 aliphatic carbocycles. The fraction of sp³-hybridized carbons (Fsp3) is 0.438. The molecule has 5 nitrogen and oxygen atoms in total. The molecule has 0 unspecified atom stereocenters. The molecule has 0 radical (unpaired) electrons. The smallest absolute Gasteiger partial charge is 0.320 e. The Bertz CT molecular complexity index is 531. The molecule has 0 heterocycles. The van der Waals surface area contributed by atoms with E-state index >= 15 is 0 Å². The Kier molecular flexibility index (Phi) is 5.92. The SMILES string of the molecule is C#CC(CC)(CC)NC(=O)Nc1ccc(OC)c(OC)c1. The van der Waals surface area contributed by atoms with E-state index in [0.29, 0.717) is 30.0 Å². The van der Waals surface area contributed by atoms with Crippen LogP contribution in [0.4, 0.5) is 10.5 Å². The van der Waals surface area contributed by atoms with Crippen molar-refractivity contribution in [2.45, 2.75) is 32.2 Å². The van der Waals surface area contributed by atoms with Crippen LogP contribution >= 0.6 is 0 Å². The van der Waals surface area contributed by atoms with Gasteiger partial charge in [-0.3, -0.25) is 0 Å². The normalized spacial score (nSPS) is 10.4. The molecule has 0 aromatic heterocycles. The number of amides is 2. The van der Waals surface area contributed by atoms with E-state index in [1.807, 2.05) is 13.8 Å². The van der Waals surface area contributed by atoms with Crippen molar-refractivity contribution in [3.05, 3.63) is 18.2 Å². The Morgan fingerprint density at radius 3 is 2.33 bits per heavy atom. The Balaban J connectivity index is 2.82. The number of benzene rings is 1. The van der Waals surface area contributed by atoms with Gasteiger partial charge in [0, 0.05) is 11.8 Å². The van der Waals surface area contributed by atoms with Gasteiger partial charge in [-0.25, -0.2) is 4.79 Å². The van der Waals surface area contributed by atoms with Crippen LogP contribution < -0.4 is 20.1 Å². The quantitative estimate of drug-likeness (QED) is 0.792. The van der Waals surface area contributed by atoms with Gasteiger partial charge in [-0.15, -0.1) is 6.42 Å². The number of urea groups is 1. The average molecular weight is 290 g/mol. The number of hydrogen-bond donors (Lipinski definition) is 2. The minimum atomic E-state index is -0.624. The molecule has 5 heteroatoms. The molecule has 1 aromatic carbocycles. The molecule has 0 aliphatic rings. The molecule has 0 bridgehead atoms. The third-order valence-electron chi connectivity index (χ3n) is 3.48. The number of anilines is 1. The van der Waals surface area contributed by atoms with Gasteiger partial charge in [-0.1, -0.05) is 19.8 Å². The maximum atomic E-state index is 12.1. The molecule has 0 spiro atoms. The third kappa shape index (κ3) is 4.06. The summed E-state index contributed by atoms with van der Waals surface area (Å²) < 4.78 is 10.3. The number of hydrogen-bond acceptors (Lipinski definition) is 3. The molecule has 2 N–H and O–H groups in total. The molecule has 0 aliphatic heterocycles. The minimum Gasteiger partial charge on any atom is -0.493 e. The van der Waals surface area contributed by atoms with Gasteiger partial charge in [0.25, 0.3) is 0 Å². The summed E-state index contributed by atoms with van der Waals surface area (Å²) in [5.74, 6) is 3.80. The van der Waals surface area contributed by atoms with Crippen LogP contribution in [0.5, 0.6) is 11.5 Å². The summed E-state index contributed by atoms with van der Waals surface area (Å²) in [5.41, 5.74) is -0.0241. The first-order valence-electron chi connectivity index (χ1n) is 6.83. The standard InChI is InChI=1S/C16H22N2O3/c1-6-16(7-2,8-3)18-15(19)17-12-9-10-13(20-4)14(11-12)21-5/h1,9-11H,7-8H2,2-5H3,(H2,17,18,19). The van der Waals surface area contributed by atoms with Crippen molar-refractivity contribution >= 4 is 11.7 Å². The highest BCUT2D eigenvalue weighted by atomic mass is 16.5. The second-order valence-corrected chi connectivity index (χ2v) is 4.58. The topological polar surface area (TPSA) is 59.6 Å². The van der Waals surface area contributed by atoms with Gasteiger partial charge in [0.2, 0.25) is 0 Å². The van der Waals surface area contributed by atoms with E-state index in [2.05, 4.69) is 16.6 Å². The summed E-state index contributed by atoms with van der Waals surface area (Å²) in [6, 6.07) is 4.80. The fourth-order valence-electron chi connectivity index (χ4n) is 1.96. The molecule has 1 rings (SSSR count). The van der Waals surface area contributed by atoms with Crippen LogP contribution in [0.25, 0.3) is 0 Å². The van der Waals surface area contributed by atoms with E-state index in [-0.39, 0.29) is 6.03 Å².